The molecule has 0 saturated carbocycles. The normalized spacial score (nSPS) is 22.4. The predicted octanol–water partition coefficient (Wildman–Crippen LogP) is 4.34. The van der Waals surface area contributed by atoms with Gasteiger partial charge >= 0.3 is 0 Å². The summed E-state index contributed by atoms with van der Waals surface area (Å²) in [4.78, 5) is 7.90. The van der Waals surface area contributed by atoms with E-state index in [9.17, 15) is 0 Å². The van der Waals surface area contributed by atoms with Gasteiger partial charge in [0.05, 0.1) is 0 Å². The van der Waals surface area contributed by atoms with Crippen molar-refractivity contribution >= 4 is 11.6 Å². The summed E-state index contributed by atoms with van der Waals surface area (Å²) >= 11 is 6.05. The number of piperazine rings is 1. The Bertz CT molecular complexity index is 710. The van der Waals surface area contributed by atoms with Gasteiger partial charge < -0.3 is 4.90 Å². The second-order valence-electron chi connectivity index (χ2n) is 8.29. The van der Waals surface area contributed by atoms with Gasteiger partial charge in [0.1, 0.15) is 0 Å². The number of halogens is 1. The summed E-state index contributed by atoms with van der Waals surface area (Å²) in [7, 11) is 0. The summed E-state index contributed by atoms with van der Waals surface area (Å²) in [5.74, 6) is 0.661. The van der Waals surface area contributed by atoms with Gasteiger partial charge in [-0.3, -0.25) is 9.80 Å². The Hall–Kier alpha value is -1.39. The van der Waals surface area contributed by atoms with Crippen LogP contribution in [0.25, 0.3) is 0 Å². The van der Waals surface area contributed by atoms with Crippen molar-refractivity contribution in [2.75, 3.05) is 52.4 Å². The van der Waals surface area contributed by atoms with Gasteiger partial charge in [-0.1, -0.05) is 54.1 Å². The number of likely N-dealkylation sites (tertiary alicyclic amines) is 1. The highest BCUT2D eigenvalue weighted by molar-refractivity contribution is 6.30. The molecule has 2 aromatic carbocycles. The van der Waals surface area contributed by atoms with E-state index in [1.165, 1.54) is 76.3 Å². The lowest BCUT2D eigenvalue weighted by atomic mass is 9.91. The first-order valence-electron chi connectivity index (χ1n) is 10.7. The molecule has 2 heterocycles. The Morgan fingerprint density at radius 3 is 2.18 bits per heavy atom. The van der Waals surface area contributed by atoms with Crippen molar-refractivity contribution in [2.45, 2.75) is 25.3 Å². The fourth-order valence-electron chi connectivity index (χ4n) is 4.56. The molecule has 2 aliphatic heterocycles. The van der Waals surface area contributed by atoms with Crippen LogP contribution in [0.4, 0.5) is 0 Å². The molecule has 1 unspecified atom stereocenters. The highest BCUT2D eigenvalue weighted by atomic mass is 35.5. The zero-order valence-corrected chi connectivity index (χ0v) is 17.5. The smallest absolute Gasteiger partial charge is 0.0406 e. The predicted molar refractivity (Wildman–Crippen MR) is 118 cm³/mol. The molecule has 0 aromatic heterocycles. The summed E-state index contributed by atoms with van der Waals surface area (Å²) in [6, 6.07) is 19.3. The molecule has 2 aromatic rings. The zero-order chi connectivity index (χ0) is 19.2. The lowest BCUT2D eigenvalue weighted by Crippen LogP contribution is -2.48. The Kier molecular flexibility index (Phi) is 7.03. The molecule has 28 heavy (non-hydrogen) atoms. The topological polar surface area (TPSA) is 9.72 Å². The molecule has 0 radical (unpaired) electrons. The van der Waals surface area contributed by atoms with Gasteiger partial charge in [-0.2, -0.15) is 0 Å². The average molecular weight is 398 g/mol. The van der Waals surface area contributed by atoms with Crippen molar-refractivity contribution in [1.29, 1.82) is 0 Å². The van der Waals surface area contributed by atoms with Crippen molar-refractivity contribution in [3.8, 4) is 0 Å². The van der Waals surface area contributed by atoms with Gasteiger partial charge in [0.2, 0.25) is 0 Å². The van der Waals surface area contributed by atoms with E-state index < -0.39 is 0 Å². The number of piperidine rings is 1. The number of hydrogen-bond donors (Lipinski definition) is 0. The molecule has 0 aliphatic carbocycles. The molecule has 0 amide bonds. The zero-order valence-electron chi connectivity index (χ0n) is 16.8. The molecule has 2 fully saturated rings. The van der Waals surface area contributed by atoms with Crippen molar-refractivity contribution in [2.24, 2.45) is 0 Å². The third-order valence-corrected chi connectivity index (χ3v) is 6.55. The SMILES string of the molecule is Clc1ccc(C2CCCN(CCN3CCN(Cc4ccccc4)CC3)C2)cc1. The second kappa shape index (κ2) is 9.89. The lowest BCUT2D eigenvalue weighted by molar-refractivity contribution is 0.107. The third-order valence-electron chi connectivity index (χ3n) is 6.29. The van der Waals surface area contributed by atoms with Gasteiger partial charge in [0, 0.05) is 57.4 Å². The highest BCUT2D eigenvalue weighted by Gasteiger charge is 2.23. The summed E-state index contributed by atoms with van der Waals surface area (Å²) in [5.41, 5.74) is 2.88. The van der Waals surface area contributed by atoms with Crippen molar-refractivity contribution in [3.63, 3.8) is 0 Å². The minimum atomic E-state index is 0.661. The first-order chi connectivity index (χ1) is 13.8. The van der Waals surface area contributed by atoms with E-state index in [1.807, 2.05) is 12.1 Å². The number of nitrogens with zero attached hydrogens (tertiary/aromatic N) is 3. The average Bonchev–Trinajstić information content (AvgIpc) is 2.75. The van der Waals surface area contributed by atoms with Crippen LogP contribution < -0.4 is 0 Å². The van der Waals surface area contributed by atoms with E-state index in [-0.39, 0.29) is 0 Å². The maximum Gasteiger partial charge on any atom is 0.0406 e. The van der Waals surface area contributed by atoms with Gasteiger partial charge in [0.15, 0.2) is 0 Å². The summed E-state index contributed by atoms with van der Waals surface area (Å²) < 4.78 is 0. The molecule has 1 atom stereocenters. The van der Waals surface area contributed by atoms with Crippen LogP contribution in [0, 0.1) is 0 Å². The maximum atomic E-state index is 6.05. The molecule has 0 spiro atoms. The van der Waals surface area contributed by atoms with Gasteiger partial charge in [-0.25, -0.2) is 0 Å². The molecule has 3 nitrogen and oxygen atoms in total. The fourth-order valence-corrected chi connectivity index (χ4v) is 4.69. The minimum absolute atomic E-state index is 0.661. The van der Waals surface area contributed by atoms with E-state index in [4.69, 9.17) is 11.6 Å². The number of hydrogen-bond acceptors (Lipinski definition) is 3. The lowest BCUT2D eigenvalue weighted by Gasteiger charge is -2.37. The van der Waals surface area contributed by atoms with Crippen molar-refractivity contribution in [3.05, 3.63) is 70.7 Å². The largest absolute Gasteiger partial charge is 0.301 e. The molecule has 2 saturated heterocycles. The minimum Gasteiger partial charge on any atom is -0.301 e. The molecule has 0 bridgehead atoms. The Morgan fingerprint density at radius 1 is 0.750 bits per heavy atom. The molecule has 150 valence electrons. The first-order valence-corrected chi connectivity index (χ1v) is 11.1. The van der Waals surface area contributed by atoms with Crippen LogP contribution in [0.3, 0.4) is 0 Å². The molecular formula is C24H32ClN3. The Labute approximate surface area is 174 Å². The Balaban J connectivity index is 1.19. The summed E-state index contributed by atoms with van der Waals surface area (Å²) in [6.07, 6.45) is 2.61. The second-order valence-corrected chi connectivity index (χ2v) is 8.73. The van der Waals surface area contributed by atoms with Crippen LogP contribution in [0.1, 0.15) is 29.9 Å². The fraction of sp³-hybridized carbons (Fsp3) is 0.500. The van der Waals surface area contributed by atoms with E-state index >= 15 is 0 Å². The molecule has 4 heteroatoms. The Morgan fingerprint density at radius 2 is 1.43 bits per heavy atom. The van der Waals surface area contributed by atoms with Gasteiger partial charge in [0.25, 0.3) is 0 Å². The molecule has 2 aliphatic rings. The van der Waals surface area contributed by atoms with E-state index in [2.05, 4.69) is 57.2 Å². The highest BCUT2D eigenvalue weighted by Crippen LogP contribution is 2.27. The molecule has 4 rings (SSSR count). The summed E-state index contributed by atoms with van der Waals surface area (Å²) in [6.45, 7) is 10.7. The number of benzene rings is 2. The number of rotatable bonds is 6. The third kappa shape index (κ3) is 5.57. The van der Waals surface area contributed by atoms with E-state index in [0.29, 0.717) is 5.92 Å². The van der Waals surface area contributed by atoms with Crippen LogP contribution in [0.5, 0.6) is 0 Å². The maximum absolute atomic E-state index is 6.05. The summed E-state index contributed by atoms with van der Waals surface area (Å²) in [5, 5.41) is 0.836. The first kappa shape index (κ1) is 19.9. The van der Waals surface area contributed by atoms with Crippen LogP contribution in [-0.2, 0) is 6.54 Å². The monoisotopic (exact) mass is 397 g/mol. The molecule has 0 N–H and O–H groups in total. The quantitative estimate of drug-likeness (QED) is 0.718. The van der Waals surface area contributed by atoms with Gasteiger partial charge in [-0.05, 0) is 48.6 Å². The van der Waals surface area contributed by atoms with Crippen molar-refractivity contribution < 1.29 is 0 Å². The van der Waals surface area contributed by atoms with E-state index in [0.717, 1.165) is 11.6 Å². The van der Waals surface area contributed by atoms with Crippen LogP contribution in [0.15, 0.2) is 54.6 Å². The van der Waals surface area contributed by atoms with Crippen LogP contribution in [0.2, 0.25) is 5.02 Å². The van der Waals surface area contributed by atoms with Gasteiger partial charge in [-0.15, -0.1) is 0 Å². The van der Waals surface area contributed by atoms with E-state index in [1.54, 1.807) is 0 Å². The van der Waals surface area contributed by atoms with Crippen molar-refractivity contribution in [1.82, 2.24) is 14.7 Å². The molecular weight excluding hydrogens is 366 g/mol. The van der Waals surface area contributed by atoms with Crippen LogP contribution >= 0.6 is 11.6 Å². The standard InChI is InChI=1S/C24H32ClN3/c25-24-10-8-22(9-11-24)23-7-4-12-27(20-23)16-13-26-14-17-28(18-15-26)19-21-5-2-1-3-6-21/h1-3,5-6,8-11,23H,4,7,12-20H2. The van der Waals surface area contributed by atoms with Crippen LogP contribution in [-0.4, -0.2) is 67.1 Å².